The Balaban J connectivity index is 5.02. The molecule has 1 nitrogen and oxygen atoms in total. The number of nitrogens with zero attached hydrogens (tertiary/aromatic N) is 1. The lowest BCUT2D eigenvalue weighted by molar-refractivity contribution is -0.0927. The van der Waals surface area contributed by atoms with Gasteiger partial charge in [-0.2, -0.15) is 31.6 Å². The average molecular weight is 215 g/mol. The maximum atomic E-state index is 11.8. The molecule has 0 amide bonds. The maximum Gasteiger partial charge on any atom is 0.426 e. The number of halogens is 6. The summed E-state index contributed by atoms with van der Waals surface area (Å²) in [6, 6.07) is 0.620. The Labute approximate surface area is 74.9 Å². The molecule has 0 rings (SSSR count). The highest BCUT2D eigenvalue weighted by Crippen LogP contribution is 2.30. The van der Waals surface area contributed by atoms with Crippen molar-refractivity contribution in [2.24, 2.45) is 0 Å². The first-order valence-corrected chi connectivity index (χ1v) is 3.04. The van der Waals surface area contributed by atoms with E-state index in [4.69, 9.17) is 5.26 Å². The zero-order valence-electron chi connectivity index (χ0n) is 6.50. The second-order valence-electron chi connectivity index (χ2n) is 2.19. The molecular weight excluding hydrogens is 212 g/mol. The van der Waals surface area contributed by atoms with Gasteiger partial charge in [0.15, 0.2) is 0 Å². The van der Waals surface area contributed by atoms with Gasteiger partial charge >= 0.3 is 12.4 Å². The minimum absolute atomic E-state index is 0.333. The van der Waals surface area contributed by atoms with Gasteiger partial charge in [-0.25, -0.2) is 0 Å². The van der Waals surface area contributed by atoms with Gasteiger partial charge in [-0.1, -0.05) is 6.58 Å². The van der Waals surface area contributed by atoms with Gasteiger partial charge in [-0.3, -0.25) is 0 Å². The first-order chi connectivity index (χ1) is 6.09. The molecule has 0 aromatic carbocycles. The highest BCUT2D eigenvalue weighted by atomic mass is 19.4. The fourth-order valence-corrected chi connectivity index (χ4v) is 0.434. The van der Waals surface area contributed by atoms with E-state index in [1.165, 1.54) is 0 Å². The molecule has 0 aliphatic heterocycles. The molecule has 0 aliphatic rings. The van der Waals surface area contributed by atoms with Gasteiger partial charge in [0, 0.05) is 5.57 Å². The van der Waals surface area contributed by atoms with Gasteiger partial charge in [0.2, 0.25) is 0 Å². The largest absolute Gasteiger partial charge is 0.426 e. The van der Waals surface area contributed by atoms with Gasteiger partial charge in [0.1, 0.15) is 11.6 Å². The van der Waals surface area contributed by atoms with E-state index in [-0.39, 0.29) is 6.08 Å². The first kappa shape index (κ1) is 12.5. The Morgan fingerprint density at radius 2 is 1.50 bits per heavy atom. The van der Waals surface area contributed by atoms with Crippen LogP contribution in [0.4, 0.5) is 26.3 Å². The van der Waals surface area contributed by atoms with Crippen molar-refractivity contribution in [1.82, 2.24) is 0 Å². The summed E-state index contributed by atoms with van der Waals surface area (Å²) in [5.74, 6) is 0. The van der Waals surface area contributed by atoms with Gasteiger partial charge in [-0.15, -0.1) is 0 Å². The van der Waals surface area contributed by atoms with Crippen LogP contribution in [0.2, 0.25) is 0 Å². The van der Waals surface area contributed by atoms with Crippen molar-refractivity contribution in [3.63, 3.8) is 0 Å². The van der Waals surface area contributed by atoms with Crippen LogP contribution in [0, 0.1) is 11.3 Å². The Morgan fingerprint density at radius 1 is 1.07 bits per heavy atom. The quantitative estimate of drug-likeness (QED) is 0.374. The molecule has 0 heterocycles. The maximum absolute atomic E-state index is 11.8. The molecule has 0 aromatic heterocycles. The van der Waals surface area contributed by atoms with Crippen molar-refractivity contribution >= 4 is 0 Å². The normalized spacial score (nSPS) is 13.6. The smallest absolute Gasteiger partial charge is 0.192 e. The van der Waals surface area contributed by atoms with Crippen LogP contribution in [0.25, 0.3) is 0 Å². The Kier molecular flexibility index (Phi) is 3.35. The minimum Gasteiger partial charge on any atom is -0.192 e. The lowest BCUT2D eigenvalue weighted by Crippen LogP contribution is -2.14. The summed E-state index contributed by atoms with van der Waals surface area (Å²) < 4.78 is 70.4. The van der Waals surface area contributed by atoms with E-state index in [0.29, 0.717) is 6.07 Å². The highest BCUT2D eigenvalue weighted by Gasteiger charge is 2.37. The van der Waals surface area contributed by atoms with Crippen LogP contribution in [0.1, 0.15) is 0 Å². The molecule has 0 saturated heterocycles. The van der Waals surface area contributed by atoms with Crippen LogP contribution >= 0.6 is 0 Å². The summed E-state index contributed by atoms with van der Waals surface area (Å²) in [4.78, 5) is 0. The number of hydrogen-bond donors (Lipinski definition) is 0. The fraction of sp³-hybridized carbons (Fsp3) is 0.286. The number of rotatable bonds is 1. The SMILES string of the molecule is C=C(/C=C(/C#N)C(F)(F)F)C(F)(F)F. The standard InChI is InChI=1S/C7H3F6N/c1-4(6(8,9)10)2-5(3-14)7(11,12)13/h2H,1H2/b5-2-. The second-order valence-corrected chi connectivity index (χ2v) is 2.19. The zero-order chi connectivity index (χ0) is 11.6. The molecule has 0 N–H and O–H groups in total. The van der Waals surface area contributed by atoms with E-state index in [2.05, 4.69) is 6.58 Å². The molecular formula is C7H3F6N. The van der Waals surface area contributed by atoms with Gasteiger partial charge < -0.3 is 0 Å². The van der Waals surface area contributed by atoms with E-state index < -0.39 is 23.5 Å². The van der Waals surface area contributed by atoms with Crippen molar-refractivity contribution in [1.29, 1.82) is 5.26 Å². The third-order valence-corrected chi connectivity index (χ3v) is 1.11. The molecule has 0 fully saturated rings. The molecule has 0 unspecified atom stereocenters. The Morgan fingerprint density at radius 3 is 1.71 bits per heavy atom. The topological polar surface area (TPSA) is 23.8 Å². The lowest BCUT2D eigenvalue weighted by atomic mass is 10.2. The summed E-state index contributed by atoms with van der Waals surface area (Å²) in [5.41, 5.74) is -3.65. The van der Waals surface area contributed by atoms with Crippen molar-refractivity contribution in [2.45, 2.75) is 12.4 Å². The van der Waals surface area contributed by atoms with Crippen molar-refractivity contribution in [2.75, 3.05) is 0 Å². The molecule has 0 atom stereocenters. The van der Waals surface area contributed by atoms with Crippen LogP contribution < -0.4 is 0 Å². The molecule has 0 radical (unpaired) electrons. The van der Waals surface area contributed by atoms with Crippen molar-refractivity contribution in [3.05, 3.63) is 23.8 Å². The zero-order valence-corrected chi connectivity index (χ0v) is 6.50. The van der Waals surface area contributed by atoms with Crippen LogP contribution in [-0.4, -0.2) is 12.4 Å². The monoisotopic (exact) mass is 215 g/mol. The van der Waals surface area contributed by atoms with E-state index in [1.54, 1.807) is 0 Å². The number of nitriles is 1. The van der Waals surface area contributed by atoms with Gasteiger partial charge in [0.25, 0.3) is 0 Å². The average Bonchev–Trinajstić information content (AvgIpc) is 1.95. The highest BCUT2D eigenvalue weighted by molar-refractivity contribution is 5.35. The molecule has 0 aromatic rings. The summed E-state index contributed by atoms with van der Waals surface area (Å²) in [5, 5.41) is 7.93. The molecule has 0 aliphatic carbocycles. The van der Waals surface area contributed by atoms with E-state index >= 15 is 0 Å². The summed E-state index contributed by atoms with van der Waals surface area (Å²) in [6.45, 7) is 2.37. The third kappa shape index (κ3) is 3.51. The molecule has 0 bridgehead atoms. The van der Waals surface area contributed by atoms with Gasteiger partial charge in [0.05, 0.1) is 0 Å². The molecule has 0 spiro atoms. The van der Waals surface area contributed by atoms with Crippen LogP contribution in [0.15, 0.2) is 23.8 Å². The van der Waals surface area contributed by atoms with Crippen molar-refractivity contribution < 1.29 is 26.3 Å². The minimum atomic E-state index is -5.09. The van der Waals surface area contributed by atoms with Crippen LogP contribution in [0.5, 0.6) is 0 Å². The van der Waals surface area contributed by atoms with E-state index in [1.807, 2.05) is 0 Å². The first-order valence-electron chi connectivity index (χ1n) is 3.04. The van der Waals surface area contributed by atoms with Gasteiger partial charge in [-0.05, 0) is 6.08 Å². The van der Waals surface area contributed by atoms with Crippen LogP contribution in [0.3, 0.4) is 0 Å². The van der Waals surface area contributed by atoms with E-state index in [9.17, 15) is 26.3 Å². The number of alkyl halides is 6. The Bertz CT molecular complexity index is 300. The molecule has 14 heavy (non-hydrogen) atoms. The second kappa shape index (κ2) is 3.74. The molecule has 78 valence electrons. The lowest BCUT2D eigenvalue weighted by Gasteiger charge is -2.07. The van der Waals surface area contributed by atoms with Crippen molar-refractivity contribution in [3.8, 4) is 6.07 Å². The fourth-order valence-electron chi connectivity index (χ4n) is 0.434. The summed E-state index contributed by atoms with van der Waals surface area (Å²) in [6.07, 6.45) is -10.4. The third-order valence-electron chi connectivity index (χ3n) is 1.11. The molecule has 0 saturated carbocycles. The molecule has 7 heteroatoms. The summed E-state index contributed by atoms with van der Waals surface area (Å²) >= 11 is 0. The predicted molar refractivity (Wildman–Crippen MR) is 34.9 cm³/mol. The predicted octanol–water partition coefficient (Wildman–Crippen LogP) is 3.12. The Hall–Kier alpha value is -1.45. The summed E-state index contributed by atoms with van der Waals surface area (Å²) in [7, 11) is 0. The van der Waals surface area contributed by atoms with Crippen LogP contribution in [-0.2, 0) is 0 Å². The van der Waals surface area contributed by atoms with E-state index in [0.717, 1.165) is 0 Å². The number of allylic oxidation sites excluding steroid dienone is 3. The number of hydrogen-bond acceptors (Lipinski definition) is 1.